The van der Waals surface area contributed by atoms with Crippen molar-refractivity contribution in [3.05, 3.63) is 58.5 Å². The van der Waals surface area contributed by atoms with Crippen LogP contribution in [0.25, 0.3) is 21.2 Å². The quantitative estimate of drug-likeness (QED) is 0.417. The lowest BCUT2D eigenvalue weighted by Gasteiger charge is -2.06. The van der Waals surface area contributed by atoms with Crippen molar-refractivity contribution in [2.24, 2.45) is 5.11 Å². The summed E-state index contributed by atoms with van der Waals surface area (Å²) in [6.45, 7) is 1.93. The first-order chi connectivity index (χ1) is 7.79. The Morgan fingerprint density at radius 1 is 1.19 bits per heavy atom. The number of hydrogen-bond acceptors (Lipinski definition) is 1. The largest absolute Gasteiger partial charge is 0.0906 e. The minimum atomic E-state index is 0.00571. The molecule has 0 amide bonds. The maximum Gasteiger partial charge on any atom is 0.0386 e. The van der Waals surface area contributed by atoms with Crippen LogP contribution in [-0.4, -0.2) is 6.04 Å². The van der Waals surface area contributed by atoms with Crippen LogP contribution >= 0.6 is 0 Å². The summed E-state index contributed by atoms with van der Waals surface area (Å²) in [4.78, 5) is 2.82. The molecule has 0 bridgehead atoms. The first kappa shape index (κ1) is 10.5. The molecule has 0 unspecified atom stereocenters. The fourth-order valence-corrected chi connectivity index (χ4v) is 1.84. The van der Waals surface area contributed by atoms with E-state index in [1.54, 1.807) is 0 Å². The number of nitrogens with zero attached hydrogens (tertiary/aromatic N) is 3. The van der Waals surface area contributed by atoms with Crippen LogP contribution in [0, 0.1) is 0 Å². The van der Waals surface area contributed by atoms with Gasteiger partial charge in [0.25, 0.3) is 0 Å². The number of azide groups is 1. The van der Waals surface area contributed by atoms with E-state index >= 15 is 0 Å². The monoisotopic (exact) mass is 211 g/mol. The highest BCUT2D eigenvalue weighted by Crippen LogP contribution is 2.17. The van der Waals surface area contributed by atoms with Gasteiger partial charge in [-0.3, -0.25) is 0 Å². The minimum absolute atomic E-state index is 0.00571. The van der Waals surface area contributed by atoms with Crippen LogP contribution in [0.5, 0.6) is 0 Å². The van der Waals surface area contributed by atoms with Crippen LogP contribution in [0.2, 0.25) is 0 Å². The molecule has 0 spiro atoms. The van der Waals surface area contributed by atoms with Gasteiger partial charge < -0.3 is 0 Å². The van der Waals surface area contributed by atoms with Gasteiger partial charge in [0.1, 0.15) is 0 Å². The van der Waals surface area contributed by atoms with Gasteiger partial charge in [-0.15, -0.1) is 0 Å². The van der Waals surface area contributed by atoms with E-state index in [1.165, 1.54) is 16.3 Å². The van der Waals surface area contributed by atoms with Crippen molar-refractivity contribution in [3.63, 3.8) is 0 Å². The molecule has 0 aromatic heterocycles. The van der Waals surface area contributed by atoms with E-state index < -0.39 is 0 Å². The van der Waals surface area contributed by atoms with Gasteiger partial charge in [-0.1, -0.05) is 54.5 Å². The predicted octanol–water partition coefficient (Wildman–Crippen LogP) is 4.08. The lowest BCUT2D eigenvalue weighted by atomic mass is 10.0. The third kappa shape index (κ3) is 2.33. The smallest absolute Gasteiger partial charge is 0.0386 e. The third-order valence-electron chi connectivity index (χ3n) is 2.59. The predicted molar refractivity (Wildman–Crippen MR) is 66.3 cm³/mol. The van der Waals surface area contributed by atoms with Crippen molar-refractivity contribution in [1.29, 1.82) is 0 Å². The van der Waals surface area contributed by atoms with Gasteiger partial charge in [0, 0.05) is 11.0 Å². The molecular weight excluding hydrogens is 198 g/mol. The molecule has 0 aliphatic heterocycles. The Kier molecular flexibility index (Phi) is 3.08. The van der Waals surface area contributed by atoms with Gasteiger partial charge in [0.2, 0.25) is 0 Å². The molecule has 3 heteroatoms. The average molecular weight is 211 g/mol. The van der Waals surface area contributed by atoms with Crippen molar-refractivity contribution < 1.29 is 0 Å². The van der Waals surface area contributed by atoms with E-state index in [0.717, 1.165) is 6.42 Å². The Bertz CT molecular complexity index is 542. The zero-order valence-electron chi connectivity index (χ0n) is 9.17. The molecule has 0 radical (unpaired) electrons. The van der Waals surface area contributed by atoms with Crippen LogP contribution in [0.3, 0.4) is 0 Å². The number of rotatable bonds is 3. The molecule has 3 nitrogen and oxygen atoms in total. The van der Waals surface area contributed by atoms with E-state index in [4.69, 9.17) is 5.53 Å². The molecule has 16 heavy (non-hydrogen) atoms. The normalized spacial score (nSPS) is 12.1. The summed E-state index contributed by atoms with van der Waals surface area (Å²) in [5, 5.41) is 6.15. The van der Waals surface area contributed by atoms with Gasteiger partial charge in [0.05, 0.1) is 0 Å². The molecule has 0 saturated heterocycles. The number of hydrogen-bond donors (Lipinski definition) is 0. The van der Waals surface area contributed by atoms with Gasteiger partial charge in [-0.2, -0.15) is 0 Å². The zero-order chi connectivity index (χ0) is 11.4. The second kappa shape index (κ2) is 4.69. The number of fused-ring (bicyclic) bond motifs is 1. The van der Waals surface area contributed by atoms with Crippen LogP contribution in [0.1, 0.15) is 12.5 Å². The Morgan fingerprint density at radius 3 is 2.69 bits per heavy atom. The summed E-state index contributed by atoms with van der Waals surface area (Å²) in [6.07, 6.45) is 0.787. The van der Waals surface area contributed by atoms with Crippen molar-refractivity contribution in [3.8, 4) is 0 Å². The molecule has 0 heterocycles. The standard InChI is InChI=1S/C13H13N3/c1-10(15-16-14)8-11-6-7-12-4-2-3-5-13(12)9-11/h2-7,9-10H,8H2,1H3/t10-/m1/s1. The highest BCUT2D eigenvalue weighted by atomic mass is 15.1. The van der Waals surface area contributed by atoms with Crippen molar-refractivity contribution in [2.75, 3.05) is 0 Å². The molecule has 80 valence electrons. The molecular formula is C13H13N3. The number of benzene rings is 2. The second-order valence-electron chi connectivity index (χ2n) is 3.94. The van der Waals surface area contributed by atoms with E-state index in [-0.39, 0.29) is 6.04 Å². The molecule has 1 atom stereocenters. The van der Waals surface area contributed by atoms with E-state index in [0.29, 0.717) is 0 Å². The SMILES string of the molecule is C[C@H](Cc1ccc2ccccc2c1)N=[N+]=[N-]. The zero-order valence-corrected chi connectivity index (χ0v) is 9.17. The Balaban J connectivity index is 2.29. The maximum absolute atomic E-state index is 8.34. The third-order valence-corrected chi connectivity index (χ3v) is 2.59. The lowest BCUT2D eigenvalue weighted by Crippen LogP contribution is -2.01. The van der Waals surface area contributed by atoms with Crippen LogP contribution in [-0.2, 0) is 6.42 Å². The molecule has 0 aliphatic carbocycles. The summed E-state index contributed by atoms with van der Waals surface area (Å²) in [6, 6.07) is 14.6. The summed E-state index contributed by atoms with van der Waals surface area (Å²) in [7, 11) is 0. The first-order valence-electron chi connectivity index (χ1n) is 5.31. The highest BCUT2D eigenvalue weighted by molar-refractivity contribution is 5.82. The van der Waals surface area contributed by atoms with E-state index in [1.807, 2.05) is 19.1 Å². The van der Waals surface area contributed by atoms with Crippen molar-refractivity contribution in [2.45, 2.75) is 19.4 Å². The van der Waals surface area contributed by atoms with Crippen molar-refractivity contribution >= 4 is 10.8 Å². The Labute approximate surface area is 94.3 Å². The Morgan fingerprint density at radius 2 is 1.94 bits per heavy atom. The van der Waals surface area contributed by atoms with Crippen LogP contribution in [0.15, 0.2) is 47.6 Å². The molecule has 2 rings (SSSR count). The fraction of sp³-hybridized carbons (Fsp3) is 0.231. The molecule has 2 aromatic carbocycles. The first-order valence-corrected chi connectivity index (χ1v) is 5.31. The topological polar surface area (TPSA) is 48.8 Å². The highest BCUT2D eigenvalue weighted by Gasteiger charge is 2.01. The summed E-state index contributed by atoms with van der Waals surface area (Å²) in [5.41, 5.74) is 9.55. The van der Waals surface area contributed by atoms with Crippen LogP contribution in [0.4, 0.5) is 0 Å². The van der Waals surface area contributed by atoms with Crippen LogP contribution < -0.4 is 0 Å². The molecule has 2 aromatic rings. The molecule has 0 saturated carbocycles. The average Bonchev–Trinajstić information content (AvgIpc) is 2.29. The molecule has 0 aliphatic rings. The molecule has 0 N–H and O–H groups in total. The minimum Gasteiger partial charge on any atom is -0.0906 e. The summed E-state index contributed by atoms with van der Waals surface area (Å²) >= 11 is 0. The summed E-state index contributed by atoms with van der Waals surface area (Å²) in [5.74, 6) is 0. The van der Waals surface area contributed by atoms with Gasteiger partial charge >= 0.3 is 0 Å². The van der Waals surface area contributed by atoms with Gasteiger partial charge in [-0.25, -0.2) is 0 Å². The maximum atomic E-state index is 8.34. The lowest BCUT2D eigenvalue weighted by molar-refractivity contribution is 0.732. The van der Waals surface area contributed by atoms with Gasteiger partial charge in [0.15, 0.2) is 0 Å². The second-order valence-corrected chi connectivity index (χ2v) is 3.94. The summed E-state index contributed by atoms with van der Waals surface area (Å²) < 4.78 is 0. The van der Waals surface area contributed by atoms with E-state index in [9.17, 15) is 0 Å². The molecule has 0 fully saturated rings. The van der Waals surface area contributed by atoms with E-state index in [2.05, 4.69) is 40.4 Å². The van der Waals surface area contributed by atoms with Gasteiger partial charge in [-0.05, 0) is 28.3 Å². The van der Waals surface area contributed by atoms with Crippen molar-refractivity contribution in [1.82, 2.24) is 0 Å². The fourth-order valence-electron chi connectivity index (χ4n) is 1.84. The Hall–Kier alpha value is -1.99.